The van der Waals surface area contributed by atoms with Crippen LogP contribution in [-0.4, -0.2) is 37.0 Å². The van der Waals surface area contributed by atoms with Gasteiger partial charge in [-0.2, -0.15) is 0 Å². The smallest absolute Gasteiger partial charge is 0.223 e. The molecule has 3 heteroatoms. The van der Waals surface area contributed by atoms with Crippen molar-refractivity contribution >= 4 is 5.91 Å². The standard InChI is InChI=1S/C13H24N2O/c1-2-3-4-9-15-11-13(10-12(15)16)5-7-14-8-6-13/h14H,2-11H2,1H3. The molecule has 1 spiro atoms. The van der Waals surface area contributed by atoms with E-state index in [1.807, 2.05) is 0 Å². The summed E-state index contributed by atoms with van der Waals surface area (Å²) in [6.07, 6.45) is 6.83. The Balaban J connectivity index is 1.85. The Bertz CT molecular complexity index is 246. The molecule has 0 bridgehead atoms. The summed E-state index contributed by atoms with van der Waals surface area (Å²) in [7, 11) is 0. The van der Waals surface area contributed by atoms with Crippen LogP contribution < -0.4 is 5.32 Å². The van der Waals surface area contributed by atoms with Crippen molar-refractivity contribution in [3.8, 4) is 0 Å². The Morgan fingerprint density at radius 3 is 2.75 bits per heavy atom. The van der Waals surface area contributed by atoms with Crippen LogP contribution in [0, 0.1) is 5.41 Å². The summed E-state index contributed by atoms with van der Waals surface area (Å²) < 4.78 is 0. The van der Waals surface area contributed by atoms with E-state index in [0.29, 0.717) is 11.3 Å². The van der Waals surface area contributed by atoms with Gasteiger partial charge in [0.15, 0.2) is 0 Å². The number of hydrogen-bond acceptors (Lipinski definition) is 2. The Labute approximate surface area is 98.6 Å². The van der Waals surface area contributed by atoms with E-state index >= 15 is 0 Å². The number of hydrogen-bond donors (Lipinski definition) is 1. The van der Waals surface area contributed by atoms with Gasteiger partial charge in [-0.3, -0.25) is 4.79 Å². The van der Waals surface area contributed by atoms with Crippen molar-refractivity contribution in [1.29, 1.82) is 0 Å². The molecule has 2 heterocycles. The van der Waals surface area contributed by atoms with Crippen LogP contribution in [0.4, 0.5) is 0 Å². The molecule has 0 aliphatic carbocycles. The van der Waals surface area contributed by atoms with Crippen LogP contribution in [0.5, 0.6) is 0 Å². The van der Waals surface area contributed by atoms with Crippen LogP contribution in [-0.2, 0) is 4.79 Å². The first-order chi connectivity index (χ1) is 7.76. The molecular formula is C13H24N2O. The maximum absolute atomic E-state index is 11.9. The predicted molar refractivity (Wildman–Crippen MR) is 65.3 cm³/mol. The molecule has 92 valence electrons. The van der Waals surface area contributed by atoms with Crippen LogP contribution in [0.2, 0.25) is 0 Å². The first-order valence-corrected chi connectivity index (χ1v) is 6.74. The second-order valence-corrected chi connectivity index (χ2v) is 5.45. The first-order valence-electron chi connectivity index (χ1n) is 6.74. The zero-order chi connectivity index (χ0) is 11.4. The van der Waals surface area contributed by atoms with Gasteiger partial charge >= 0.3 is 0 Å². The monoisotopic (exact) mass is 224 g/mol. The number of nitrogens with zero attached hydrogens (tertiary/aromatic N) is 1. The van der Waals surface area contributed by atoms with Gasteiger partial charge in [-0.15, -0.1) is 0 Å². The van der Waals surface area contributed by atoms with Crippen molar-refractivity contribution in [3.63, 3.8) is 0 Å². The number of nitrogens with one attached hydrogen (secondary N) is 1. The molecule has 0 radical (unpaired) electrons. The second-order valence-electron chi connectivity index (χ2n) is 5.45. The summed E-state index contributed by atoms with van der Waals surface area (Å²) in [6.45, 7) is 6.41. The Morgan fingerprint density at radius 2 is 2.06 bits per heavy atom. The fourth-order valence-corrected chi connectivity index (χ4v) is 3.03. The molecule has 2 saturated heterocycles. The molecule has 3 nitrogen and oxygen atoms in total. The van der Waals surface area contributed by atoms with Crippen molar-refractivity contribution < 1.29 is 4.79 Å². The molecule has 2 aliphatic rings. The predicted octanol–water partition coefficient (Wildman–Crippen LogP) is 1.78. The number of amides is 1. The lowest BCUT2D eigenvalue weighted by Crippen LogP contribution is -2.38. The number of rotatable bonds is 4. The minimum atomic E-state index is 0.328. The number of likely N-dealkylation sites (tertiary alicyclic amines) is 1. The van der Waals surface area contributed by atoms with Gasteiger partial charge in [0, 0.05) is 19.5 Å². The fourth-order valence-electron chi connectivity index (χ4n) is 3.03. The third kappa shape index (κ3) is 2.57. The van der Waals surface area contributed by atoms with E-state index < -0.39 is 0 Å². The van der Waals surface area contributed by atoms with Gasteiger partial charge in [-0.25, -0.2) is 0 Å². The molecule has 1 amide bonds. The van der Waals surface area contributed by atoms with E-state index in [4.69, 9.17) is 0 Å². The van der Waals surface area contributed by atoms with E-state index in [1.165, 1.54) is 32.1 Å². The maximum Gasteiger partial charge on any atom is 0.223 e. The van der Waals surface area contributed by atoms with Gasteiger partial charge in [0.05, 0.1) is 0 Å². The molecule has 0 atom stereocenters. The van der Waals surface area contributed by atoms with Crippen molar-refractivity contribution in [1.82, 2.24) is 10.2 Å². The lowest BCUT2D eigenvalue weighted by atomic mass is 9.78. The highest BCUT2D eigenvalue weighted by Crippen LogP contribution is 2.39. The number of carbonyl (C=O) groups is 1. The fraction of sp³-hybridized carbons (Fsp3) is 0.923. The van der Waals surface area contributed by atoms with Gasteiger partial charge < -0.3 is 10.2 Å². The number of unbranched alkanes of at least 4 members (excludes halogenated alkanes) is 2. The summed E-state index contributed by atoms with van der Waals surface area (Å²) >= 11 is 0. The third-order valence-electron chi connectivity index (χ3n) is 4.10. The van der Waals surface area contributed by atoms with Crippen molar-refractivity contribution in [2.24, 2.45) is 5.41 Å². The van der Waals surface area contributed by atoms with E-state index in [9.17, 15) is 4.79 Å². The summed E-state index contributed by atoms with van der Waals surface area (Å²) in [4.78, 5) is 14.1. The summed E-state index contributed by atoms with van der Waals surface area (Å²) in [6, 6.07) is 0. The third-order valence-corrected chi connectivity index (χ3v) is 4.10. The summed E-state index contributed by atoms with van der Waals surface area (Å²) in [5, 5.41) is 3.39. The van der Waals surface area contributed by atoms with E-state index in [2.05, 4.69) is 17.1 Å². The minimum Gasteiger partial charge on any atom is -0.342 e. The second kappa shape index (κ2) is 5.17. The molecular weight excluding hydrogens is 200 g/mol. The summed E-state index contributed by atoms with van der Waals surface area (Å²) in [5.74, 6) is 0.401. The number of piperidine rings is 1. The van der Waals surface area contributed by atoms with Gasteiger partial charge in [0.2, 0.25) is 5.91 Å². The Hall–Kier alpha value is -0.570. The Morgan fingerprint density at radius 1 is 1.31 bits per heavy atom. The van der Waals surface area contributed by atoms with Crippen LogP contribution in [0.1, 0.15) is 45.4 Å². The van der Waals surface area contributed by atoms with Crippen LogP contribution in [0.15, 0.2) is 0 Å². The zero-order valence-electron chi connectivity index (χ0n) is 10.4. The topological polar surface area (TPSA) is 32.3 Å². The molecule has 0 aromatic carbocycles. The minimum absolute atomic E-state index is 0.328. The zero-order valence-corrected chi connectivity index (χ0v) is 10.4. The molecule has 2 fully saturated rings. The van der Waals surface area contributed by atoms with Gasteiger partial charge in [-0.05, 0) is 37.8 Å². The number of carbonyl (C=O) groups excluding carboxylic acids is 1. The average Bonchev–Trinajstić information content (AvgIpc) is 2.57. The lowest BCUT2D eigenvalue weighted by molar-refractivity contribution is -0.127. The van der Waals surface area contributed by atoms with E-state index in [0.717, 1.165) is 32.6 Å². The SMILES string of the molecule is CCCCCN1CC2(CCNCC2)CC1=O. The molecule has 1 N–H and O–H groups in total. The maximum atomic E-state index is 11.9. The van der Waals surface area contributed by atoms with Gasteiger partial charge in [-0.1, -0.05) is 19.8 Å². The van der Waals surface area contributed by atoms with Crippen molar-refractivity contribution in [3.05, 3.63) is 0 Å². The van der Waals surface area contributed by atoms with Gasteiger partial charge in [0.1, 0.15) is 0 Å². The largest absolute Gasteiger partial charge is 0.342 e. The van der Waals surface area contributed by atoms with Crippen LogP contribution in [0.3, 0.4) is 0 Å². The summed E-state index contributed by atoms with van der Waals surface area (Å²) in [5.41, 5.74) is 0.328. The molecule has 0 unspecified atom stereocenters. The highest BCUT2D eigenvalue weighted by atomic mass is 16.2. The lowest BCUT2D eigenvalue weighted by Gasteiger charge is -2.33. The van der Waals surface area contributed by atoms with Crippen molar-refractivity contribution in [2.45, 2.75) is 45.4 Å². The molecule has 16 heavy (non-hydrogen) atoms. The van der Waals surface area contributed by atoms with Crippen molar-refractivity contribution in [2.75, 3.05) is 26.2 Å². The van der Waals surface area contributed by atoms with Gasteiger partial charge in [0.25, 0.3) is 0 Å². The molecule has 0 aromatic heterocycles. The molecule has 2 rings (SSSR count). The van der Waals surface area contributed by atoms with E-state index in [-0.39, 0.29) is 0 Å². The molecule has 0 saturated carbocycles. The molecule has 0 aromatic rings. The van der Waals surface area contributed by atoms with E-state index in [1.54, 1.807) is 0 Å². The molecule has 2 aliphatic heterocycles. The normalized spacial score (nSPS) is 24.3. The van der Waals surface area contributed by atoms with Crippen LogP contribution >= 0.6 is 0 Å². The highest BCUT2D eigenvalue weighted by Gasteiger charge is 2.42. The average molecular weight is 224 g/mol. The highest BCUT2D eigenvalue weighted by molar-refractivity contribution is 5.79. The Kier molecular flexibility index (Phi) is 3.85. The quantitative estimate of drug-likeness (QED) is 0.738. The van der Waals surface area contributed by atoms with Crippen LogP contribution in [0.25, 0.3) is 0 Å². The first kappa shape index (κ1) is 11.9.